The van der Waals surface area contributed by atoms with Crippen molar-refractivity contribution in [3.05, 3.63) is 24.5 Å². The van der Waals surface area contributed by atoms with Gasteiger partial charge in [0.2, 0.25) is 0 Å². The fourth-order valence-electron chi connectivity index (χ4n) is 4.23. The largest absolute Gasteiger partial charge is 0.379 e. The van der Waals surface area contributed by atoms with Gasteiger partial charge in [-0.25, -0.2) is 4.98 Å². The van der Waals surface area contributed by atoms with E-state index in [-0.39, 0.29) is 0 Å². The Balaban J connectivity index is 1.39. The van der Waals surface area contributed by atoms with E-state index in [4.69, 9.17) is 4.98 Å². The van der Waals surface area contributed by atoms with E-state index in [1.54, 1.807) is 0 Å². The second-order valence-electron chi connectivity index (χ2n) is 7.06. The molecule has 0 aromatic carbocycles. The Bertz CT molecular complexity index is 681. The maximum absolute atomic E-state index is 4.73. The highest BCUT2D eigenvalue weighted by Gasteiger charge is 2.34. The van der Waals surface area contributed by atoms with Crippen LogP contribution in [-0.2, 0) is 0 Å². The molecule has 4 aliphatic heterocycles. The van der Waals surface area contributed by atoms with Crippen molar-refractivity contribution in [3.63, 3.8) is 0 Å². The number of hydrogen-bond acceptors (Lipinski definition) is 4. The average Bonchev–Trinajstić information content (AvgIpc) is 2.90. The van der Waals surface area contributed by atoms with E-state index in [1.165, 1.54) is 43.5 Å². The molecule has 2 bridgehead atoms. The lowest BCUT2D eigenvalue weighted by Crippen LogP contribution is -2.53. The normalized spacial score (nSPS) is 31.4. The zero-order valence-electron chi connectivity index (χ0n) is 12.8. The Morgan fingerprint density at radius 2 is 2.09 bits per heavy atom. The Labute approximate surface area is 130 Å². The van der Waals surface area contributed by atoms with Crippen LogP contribution in [0.15, 0.2) is 24.5 Å². The van der Waals surface area contributed by atoms with Gasteiger partial charge in [0.05, 0.1) is 17.9 Å². The maximum atomic E-state index is 4.73. The molecule has 6 rings (SSSR count). The summed E-state index contributed by atoms with van der Waals surface area (Å²) in [4.78, 5) is 7.32. The number of pyridine rings is 1. The lowest BCUT2D eigenvalue weighted by molar-refractivity contribution is 0.0975. The van der Waals surface area contributed by atoms with Crippen molar-refractivity contribution in [2.24, 2.45) is 5.92 Å². The standard InChI is InChI=1S/C17H23N5/c1-4-21-5-2-12(1)16(11-21)20-14-7-13-3-6-22(15-9-18-10-15)17(13)19-8-14/h3,6-8,12,15-16,18,20H,1-2,4-5,9-11H2/t16-/m0/s1. The number of fused-ring (bicyclic) bond motifs is 4. The third-order valence-corrected chi connectivity index (χ3v) is 5.72. The summed E-state index contributed by atoms with van der Waals surface area (Å²) in [5, 5.41) is 8.32. The van der Waals surface area contributed by atoms with Gasteiger partial charge < -0.3 is 20.1 Å². The van der Waals surface area contributed by atoms with Crippen LogP contribution in [0.1, 0.15) is 18.9 Å². The van der Waals surface area contributed by atoms with Gasteiger partial charge in [0, 0.05) is 37.3 Å². The molecule has 2 N–H and O–H groups in total. The summed E-state index contributed by atoms with van der Waals surface area (Å²) in [6, 6.07) is 5.63. The average molecular weight is 297 g/mol. The summed E-state index contributed by atoms with van der Waals surface area (Å²) in [5.74, 6) is 0.839. The molecule has 0 aliphatic carbocycles. The van der Waals surface area contributed by atoms with Gasteiger partial charge in [-0.1, -0.05) is 0 Å². The topological polar surface area (TPSA) is 45.1 Å². The number of rotatable bonds is 3. The van der Waals surface area contributed by atoms with Crippen LogP contribution >= 0.6 is 0 Å². The molecule has 0 saturated carbocycles. The molecule has 0 unspecified atom stereocenters. The zero-order chi connectivity index (χ0) is 14.5. The van der Waals surface area contributed by atoms with E-state index in [2.05, 4.69) is 38.4 Å². The molecule has 1 atom stereocenters. The van der Waals surface area contributed by atoms with Gasteiger partial charge in [0.25, 0.3) is 0 Å². The van der Waals surface area contributed by atoms with E-state index in [0.717, 1.165) is 24.7 Å². The quantitative estimate of drug-likeness (QED) is 0.905. The van der Waals surface area contributed by atoms with Crippen LogP contribution in [0.4, 0.5) is 5.69 Å². The Kier molecular flexibility index (Phi) is 2.91. The van der Waals surface area contributed by atoms with Gasteiger partial charge in [-0.2, -0.15) is 0 Å². The molecular weight excluding hydrogens is 274 g/mol. The Morgan fingerprint density at radius 1 is 1.23 bits per heavy atom. The first-order chi connectivity index (χ1) is 10.9. The number of hydrogen-bond donors (Lipinski definition) is 2. The number of aromatic nitrogens is 2. The van der Waals surface area contributed by atoms with Crippen molar-refractivity contribution in [2.75, 3.05) is 38.0 Å². The van der Waals surface area contributed by atoms with E-state index in [1.807, 2.05) is 6.20 Å². The van der Waals surface area contributed by atoms with E-state index < -0.39 is 0 Å². The van der Waals surface area contributed by atoms with Gasteiger partial charge in [-0.05, 0) is 44.0 Å². The smallest absolute Gasteiger partial charge is 0.140 e. The van der Waals surface area contributed by atoms with E-state index in [0.29, 0.717) is 12.1 Å². The van der Waals surface area contributed by atoms with Crippen LogP contribution < -0.4 is 10.6 Å². The van der Waals surface area contributed by atoms with Gasteiger partial charge in [0.1, 0.15) is 5.65 Å². The summed E-state index contributed by atoms with van der Waals surface area (Å²) in [6.45, 7) is 5.89. The Morgan fingerprint density at radius 3 is 2.77 bits per heavy atom. The van der Waals surface area contributed by atoms with Crippen molar-refractivity contribution in [2.45, 2.75) is 24.9 Å². The van der Waals surface area contributed by atoms with Crippen LogP contribution in [0, 0.1) is 5.92 Å². The molecule has 22 heavy (non-hydrogen) atoms. The SMILES string of the molecule is c1nc2c(ccn2C2CNC2)cc1N[C@H]1CN2CCC1CC2. The summed E-state index contributed by atoms with van der Waals surface area (Å²) in [7, 11) is 0. The number of nitrogens with one attached hydrogen (secondary N) is 2. The summed E-state index contributed by atoms with van der Waals surface area (Å²) in [6.07, 6.45) is 6.89. The molecule has 5 nitrogen and oxygen atoms in total. The molecule has 0 radical (unpaired) electrons. The van der Waals surface area contributed by atoms with Crippen LogP contribution in [0.2, 0.25) is 0 Å². The molecule has 4 aliphatic rings. The second-order valence-corrected chi connectivity index (χ2v) is 7.06. The molecule has 116 valence electrons. The highest BCUT2D eigenvalue weighted by atomic mass is 15.2. The van der Waals surface area contributed by atoms with Crippen LogP contribution in [0.5, 0.6) is 0 Å². The monoisotopic (exact) mass is 297 g/mol. The van der Waals surface area contributed by atoms with Gasteiger partial charge >= 0.3 is 0 Å². The minimum absolute atomic E-state index is 0.575. The molecule has 5 heteroatoms. The zero-order valence-corrected chi connectivity index (χ0v) is 12.8. The fourth-order valence-corrected chi connectivity index (χ4v) is 4.23. The first-order valence-corrected chi connectivity index (χ1v) is 8.53. The summed E-state index contributed by atoms with van der Waals surface area (Å²) >= 11 is 0. The molecule has 0 spiro atoms. The predicted octanol–water partition coefficient (Wildman–Crippen LogP) is 1.69. The van der Waals surface area contributed by atoms with Crippen molar-refractivity contribution in [1.29, 1.82) is 0 Å². The summed E-state index contributed by atoms with van der Waals surface area (Å²) < 4.78 is 2.31. The molecule has 0 amide bonds. The lowest BCUT2D eigenvalue weighted by atomic mass is 9.84. The maximum Gasteiger partial charge on any atom is 0.140 e. The first kappa shape index (κ1) is 12.9. The van der Waals surface area contributed by atoms with Gasteiger partial charge in [-0.3, -0.25) is 0 Å². The van der Waals surface area contributed by atoms with Gasteiger partial charge in [-0.15, -0.1) is 0 Å². The van der Waals surface area contributed by atoms with Gasteiger partial charge in [0.15, 0.2) is 0 Å². The highest BCUT2D eigenvalue weighted by Crippen LogP contribution is 2.30. The third kappa shape index (κ3) is 2.03. The van der Waals surface area contributed by atoms with Crippen LogP contribution in [0.3, 0.4) is 0 Å². The van der Waals surface area contributed by atoms with Crippen LogP contribution in [-0.4, -0.2) is 53.2 Å². The van der Waals surface area contributed by atoms with Crippen LogP contribution in [0.25, 0.3) is 11.0 Å². The highest BCUT2D eigenvalue weighted by molar-refractivity contribution is 5.80. The molecule has 2 aromatic heterocycles. The number of anilines is 1. The van der Waals surface area contributed by atoms with Crippen molar-refractivity contribution < 1.29 is 0 Å². The van der Waals surface area contributed by atoms with Crippen molar-refractivity contribution in [3.8, 4) is 0 Å². The number of nitrogens with zero attached hydrogens (tertiary/aromatic N) is 3. The van der Waals surface area contributed by atoms with E-state index in [9.17, 15) is 0 Å². The number of piperidine rings is 3. The molecule has 6 heterocycles. The van der Waals surface area contributed by atoms with Crippen molar-refractivity contribution >= 4 is 16.7 Å². The van der Waals surface area contributed by atoms with Crippen molar-refractivity contribution in [1.82, 2.24) is 19.8 Å². The Hall–Kier alpha value is -1.59. The third-order valence-electron chi connectivity index (χ3n) is 5.72. The molecule has 2 aromatic rings. The predicted molar refractivity (Wildman–Crippen MR) is 88.2 cm³/mol. The minimum atomic E-state index is 0.575. The van der Waals surface area contributed by atoms with E-state index >= 15 is 0 Å². The lowest BCUT2D eigenvalue weighted by Gasteiger charge is -2.45. The molecular formula is C17H23N5. The second kappa shape index (κ2) is 4.96. The fraction of sp³-hybridized carbons (Fsp3) is 0.588. The molecule has 4 fully saturated rings. The first-order valence-electron chi connectivity index (χ1n) is 8.53. The molecule has 4 saturated heterocycles. The minimum Gasteiger partial charge on any atom is -0.379 e. The summed E-state index contributed by atoms with van der Waals surface area (Å²) in [5.41, 5.74) is 2.29.